The molecule has 0 saturated carbocycles. The van der Waals surface area contributed by atoms with Crippen LogP contribution in [0.2, 0.25) is 5.02 Å². The number of allylic oxidation sites excluding steroid dienone is 3. The van der Waals surface area contributed by atoms with Gasteiger partial charge in [-0.3, -0.25) is 4.99 Å². The van der Waals surface area contributed by atoms with Crippen LogP contribution < -0.4 is 0 Å². The van der Waals surface area contributed by atoms with E-state index in [1.807, 2.05) is 26.0 Å². The number of unbranched alkanes of at least 4 members (excludes halogenated alkanes) is 1. The molecule has 0 aliphatic heterocycles. The maximum atomic E-state index is 14.2. The molecule has 0 fully saturated rings. The molecule has 1 rings (SSSR count). The van der Waals surface area contributed by atoms with Crippen molar-refractivity contribution in [1.82, 2.24) is 0 Å². The Hall–Kier alpha value is -2.76. The smallest absolute Gasteiger partial charge is 0.130 e. The molecule has 1 atom stereocenters. The van der Waals surface area contributed by atoms with Gasteiger partial charge in [0.25, 0.3) is 0 Å². The standard InChI is InChI=1S/C30H38ClF2NO3/c1-7-10-12-14-26(25(9-3)22(4)34-5)30(35-6)27(13-11-8-2)29(37-18-17-32)21-36-20-23-15-16-24(31)19-28(23)33/h8-9,11-13,15-16,19,30H,2,7,10,17-18,20-21H2,1,3-6H3/b13-11-,25-9+,29-27-,34-22?. The van der Waals surface area contributed by atoms with Gasteiger partial charge in [-0.2, -0.15) is 0 Å². The van der Waals surface area contributed by atoms with Gasteiger partial charge in [-0.05, 0) is 38.5 Å². The van der Waals surface area contributed by atoms with E-state index in [1.54, 1.807) is 44.5 Å². The van der Waals surface area contributed by atoms with E-state index < -0.39 is 18.6 Å². The Morgan fingerprint density at radius 2 is 2.08 bits per heavy atom. The minimum atomic E-state index is -0.688. The summed E-state index contributed by atoms with van der Waals surface area (Å²) in [7, 11) is 3.30. The predicted octanol–water partition coefficient (Wildman–Crippen LogP) is 7.91. The second-order valence-electron chi connectivity index (χ2n) is 7.92. The van der Waals surface area contributed by atoms with Crippen LogP contribution in [0.25, 0.3) is 0 Å². The van der Waals surface area contributed by atoms with E-state index >= 15 is 0 Å². The number of rotatable bonds is 16. The summed E-state index contributed by atoms with van der Waals surface area (Å²) in [5, 5.41) is 0.300. The summed E-state index contributed by atoms with van der Waals surface area (Å²) >= 11 is 5.85. The zero-order valence-corrected chi connectivity index (χ0v) is 23.2. The number of hydrogen-bond acceptors (Lipinski definition) is 4. The zero-order chi connectivity index (χ0) is 27.6. The molecule has 0 N–H and O–H groups in total. The number of benzene rings is 1. The molecule has 7 heteroatoms. The highest BCUT2D eigenvalue weighted by Gasteiger charge is 2.25. The third-order valence-electron chi connectivity index (χ3n) is 5.37. The van der Waals surface area contributed by atoms with Crippen LogP contribution in [0, 0.1) is 5.82 Å². The summed E-state index contributed by atoms with van der Waals surface area (Å²) in [5.74, 6) is -0.115. The van der Waals surface area contributed by atoms with Gasteiger partial charge in [0.2, 0.25) is 0 Å². The van der Waals surface area contributed by atoms with E-state index in [4.69, 9.17) is 25.8 Å². The van der Waals surface area contributed by atoms with E-state index in [1.165, 1.54) is 6.07 Å². The first-order valence-electron chi connectivity index (χ1n) is 12.2. The van der Waals surface area contributed by atoms with Crippen molar-refractivity contribution in [2.45, 2.75) is 46.3 Å². The molecule has 4 nitrogen and oxygen atoms in total. The molecule has 1 aromatic carbocycles. The molecule has 0 bridgehead atoms. The molecule has 0 aliphatic carbocycles. The first-order chi connectivity index (χ1) is 17.9. The Bertz CT molecular complexity index is 1070. The van der Waals surface area contributed by atoms with Crippen LogP contribution in [0.5, 0.6) is 0 Å². The molecule has 0 spiro atoms. The Morgan fingerprint density at radius 3 is 2.65 bits per heavy atom. The molecule has 0 amide bonds. The van der Waals surface area contributed by atoms with Crippen LogP contribution in [-0.4, -0.2) is 45.9 Å². The number of alkyl halides is 1. The second-order valence-corrected chi connectivity index (χ2v) is 8.35. The number of hydrogen-bond donors (Lipinski definition) is 0. The van der Waals surface area contributed by atoms with Gasteiger partial charge < -0.3 is 14.2 Å². The van der Waals surface area contributed by atoms with Crippen LogP contribution in [0.3, 0.4) is 0 Å². The van der Waals surface area contributed by atoms with Crippen LogP contribution in [0.15, 0.2) is 88.4 Å². The first-order valence-corrected chi connectivity index (χ1v) is 12.6. The van der Waals surface area contributed by atoms with Gasteiger partial charge in [0.15, 0.2) is 0 Å². The Kier molecular flexibility index (Phi) is 16.1. The molecule has 0 saturated heterocycles. The average molecular weight is 534 g/mol. The predicted molar refractivity (Wildman–Crippen MR) is 149 cm³/mol. The van der Waals surface area contributed by atoms with Crippen molar-refractivity contribution < 1.29 is 23.0 Å². The number of ether oxygens (including phenoxy) is 3. The van der Waals surface area contributed by atoms with Crippen LogP contribution in [0.4, 0.5) is 8.78 Å². The van der Waals surface area contributed by atoms with E-state index in [0.29, 0.717) is 21.9 Å². The van der Waals surface area contributed by atoms with Gasteiger partial charge in [-0.1, -0.05) is 61.9 Å². The van der Waals surface area contributed by atoms with Gasteiger partial charge in [0.1, 0.15) is 37.6 Å². The third kappa shape index (κ3) is 10.6. The van der Waals surface area contributed by atoms with Crippen LogP contribution in [0.1, 0.15) is 39.2 Å². The lowest BCUT2D eigenvalue weighted by atomic mass is 9.91. The number of nitrogens with zero attached hydrogens (tertiary/aromatic N) is 1. The Balaban J connectivity index is 3.62. The minimum absolute atomic E-state index is 0.0254. The van der Waals surface area contributed by atoms with E-state index in [0.717, 1.165) is 29.7 Å². The molecule has 202 valence electrons. The lowest BCUT2D eigenvalue weighted by molar-refractivity contribution is 0.0752. The monoisotopic (exact) mass is 533 g/mol. The van der Waals surface area contributed by atoms with E-state index in [9.17, 15) is 8.78 Å². The fraction of sp³-hybridized carbons (Fsp3) is 0.400. The Labute approximate surface area is 225 Å². The van der Waals surface area contributed by atoms with Crippen LogP contribution in [-0.2, 0) is 20.8 Å². The van der Waals surface area contributed by atoms with Crippen molar-refractivity contribution in [3.05, 3.63) is 99.8 Å². The molecule has 1 unspecified atom stereocenters. The molecular formula is C30H38ClF2NO3. The van der Waals surface area contributed by atoms with Gasteiger partial charge in [-0.15, -0.1) is 5.73 Å². The normalized spacial score (nSPS) is 13.7. The number of aliphatic imine (C=N–C) groups is 1. The molecule has 0 aliphatic rings. The number of halogens is 3. The molecular weight excluding hydrogens is 496 g/mol. The summed E-state index contributed by atoms with van der Waals surface area (Å²) < 4.78 is 45.0. The quantitative estimate of drug-likeness (QED) is 0.0937. The highest BCUT2D eigenvalue weighted by molar-refractivity contribution is 6.30. The third-order valence-corrected chi connectivity index (χ3v) is 5.60. The summed E-state index contributed by atoms with van der Waals surface area (Å²) in [6.07, 6.45) is 10.2. The maximum Gasteiger partial charge on any atom is 0.130 e. The first kappa shape index (κ1) is 32.3. The fourth-order valence-corrected chi connectivity index (χ4v) is 3.62. The van der Waals surface area contributed by atoms with Crippen molar-refractivity contribution in [3.63, 3.8) is 0 Å². The van der Waals surface area contributed by atoms with Crippen molar-refractivity contribution in [2.24, 2.45) is 4.99 Å². The lowest BCUT2D eigenvalue weighted by Crippen LogP contribution is -2.23. The maximum absolute atomic E-state index is 14.2. The van der Waals surface area contributed by atoms with Gasteiger partial charge >= 0.3 is 0 Å². The second kappa shape index (κ2) is 18.5. The van der Waals surface area contributed by atoms with Crippen LogP contribution >= 0.6 is 11.6 Å². The average Bonchev–Trinajstić information content (AvgIpc) is 2.89. The van der Waals surface area contributed by atoms with Crippen molar-refractivity contribution >= 4 is 17.3 Å². The topological polar surface area (TPSA) is 40.0 Å². The SMILES string of the molecule is C=C/C=C\C(=C(/COCc1ccc(Cl)cc1F)OCCF)C(OC)C(=C=CCCC)/C(=C/C)C(C)=NC. The van der Waals surface area contributed by atoms with Gasteiger partial charge in [-0.25, -0.2) is 8.78 Å². The molecule has 37 heavy (non-hydrogen) atoms. The fourth-order valence-electron chi connectivity index (χ4n) is 3.46. The summed E-state index contributed by atoms with van der Waals surface area (Å²) in [6.45, 7) is 8.75. The van der Waals surface area contributed by atoms with Gasteiger partial charge in [0, 0.05) is 47.2 Å². The largest absolute Gasteiger partial charge is 0.492 e. The molecule has 1 aromatic rings. The van der Waals surface area contributed by atoms with E-state index in [-0.39, 0.29) is 19.8 Å². The molecule has 0 heterocycles. The molecule has 0 aromatic heterocycles. The zero-order valence-electron chi connectivity index (χ0n) is 22.5. The highest BCUT2D eigenvalue weighted by atomic mass is 35.5. The van der Waals surface area contributed by atoms with E-state index in [2.05, 4.69) is 24.2 Å². The highest BCUT2D eigenvalue weighted by Crippen LogP contribution is 2.28. The summed E-state index contributed by atoms with van der Waals surface area (Å²) in [5.41, 5.74) is 6.75. The summed E-state index contributed by atoms with van der Waals surface area (Å²) in [6, 6.07) is 4.38. The number of methoxy groups -OCH3 is 1. The minimum Gasteiger partial charge on any atom is -0.492 e. The Morgan fingerprint density at radius 1 is 1.32 bits per heavy atom. The summed E-state index contributed by atoms with van der Waals surface area (Å²) in [4.78, 5) is 4.36. The van der Waals surface area contributed by atoms with Crippen molar-refractivity contribution in [1.29, 1.82) is 0 Å². The lowest BCUT2D eigenvalue weighted by Gasteiger charge is -2.24. The van der Waals surface area contributed by atoms with Crippen molar-refractivity contribution in [3.8, 4) is 0 Å². The van der Waals surface area contributed by atoms with Gasteiger partial charge in [0.05, 0.1) is 6.61 Å². The van der Waals surface area contributed by atoms with Crippen molar-refractivity contribution in [2.75, 3.05) is 34.0 Å². The molecule has 0 radical (unpaired) electrons.